The van der Waals surface area contributed by atoms with Crippen LogP contribution in [0.2, 0.25) is 0 Å². The van der Waals surface area contributed by atoms with Gasteiger partial charge in [0.05, 0.1) is 10.9 Å². The number of thiazole rings is 1. The number of hydrogen-bond acceptors (Lipinski definition) is 6. The Labute approximate surface area is 146 Å². The number of aromatic nitrogens is 1. The van der Waals surface area contributed by atoms with Crippen molar-refractivity contribution in [2.24, 2.45) is 0 Å². The monoisotopic (exact) mass is 368 g/mol. The summed E-state index contributed by atoms with van der Waals surface area (Å²) in [5.74, 6) is 0.0216. The minimum absolute atomic E-state index is 0. The van der Waals surface area contributed by atoms with Crippen LogP contribution in [0.1, 0.15) is 14.8 Å². The standard InChI is InChI=1S/C15H18N4O3S2.H2/c1-2-16-13-7-9-19(14(13)20)11-3-5-12(6-4-11)24(21,22)18-15-17-8-10-23-15;/h3-6,8,10,13,16H,2,7,9H2,1H3,(H,17,18);1H/t13-;/m0./s1. The lowest BCUT2D eigenvalue weighted by Gasteiger charge is -2.17. The van der Waals surface area contributed by atoms with E-state index in [0.29, 0.717) is 17.4 Å². The van der Waals surface area contributed by atoms with Crippen LogP contribution in [0.25, 0.3) is 0 Å². The van der Waals surface area contributed by atoms with Gasteiger partial charge in [0, 0.05) is 25.2 Å². The molecular formula is C15H20N4O3S2. The first-order valence-corrected chi connectivity index (χ1v) is 9.94. The van der Waals surface area contributed by atoms with Gasteiger partial charge >= 0.3 is 0 Å². The average molecular weight is 368 g/mol. The normalized spacial score (nSPS) is 18.1. The summed E-state index contributed by atoms with van der Waals surface area (Å²) >= 11 is 1.21. The van der Waals surface area contributed by atoms with E-state index < -0.39 is 10.0 Å². The summed E-state index contributed by atoms with van der Waals surface area (Å²) in [6.07, 6.45) is 2.28. The highest BCUT2D eigenvalue weighted by atomic mass is 32.2. The zero-order valence-electron chi connectivity index (χ0n) is 13.1. The molecule has 1 aliphatic heterocycles. The molecule has 1 aromatic heterocycles. The van der Waals surface area contributed by atoms with Crippen LogP contribution in [0.3, 0.4) is 0 Å². The van der Waals surface area contributed by atoms with E-state index in [2.05, 4.69) is 15.0 Å². The van der Waals surface area contributed by atoms with Crippen molar-refractivity contribution in [2.75, 3.05) is 22.7 Å². The fraction of sp³-hybridized carbons (Fsp3) is 0.333. The second-order valence-electron chi connectivity index (χ2n) is 5.33. The Kier molecular flexibility index (Phi) is 4.83. The van der Waals surface area contributed by atoms with Crippen LogP contribution in [0, 0.1) is 0 Å². The third-order valence-electron chi connectivity index (χ3n) is 3.77. The molecule has 9 heteroatoms. The molecule has 24 heavy (non-hydrogen) atoms. The maximum Gasteiger partial charge on any atom is 0.263 e. The van der Waals surface area contributed by atoms with E-state index in [-0.39, 0.29) is 18.3 Å². The molecule has 1 fully saturated rings. The van der Waals surface area contributed by atoms with Crippen molar-refractivity contribution in [3.63, 3.8) is 0 Å². The van der Waals surface area contributed by atoms with Gasteiger partial charge in [-0.1, -0.05) is 6.92 Å². The van der Waals surface area contributed by atoms with Crippen LogP contribution in [-0.2, 0) is 14.8 Å². The van der Waals surface area contributed by atoms with E-state index in [1.54, 1.807) is 22.4 Å². The van der Waals surface area contributed by atoms with Gasteiger partial charge in [0.25, 0.3) is 10.0 Å². The quantitative estimate of drug-likeness (QED) is 0.813. The molecule has 1 saturated heterocycles. The average Bonchev–Trinajstić information content (AvgIpc) is 3.18. The maximum absolute atomic E-state index is 12.3. The van der Waals surface area contributed by atoms with Gasteiger partial charge in [0.1, 0.15) is 0 Å². The largest absolute Gasteiger partial charge is 0.311 e. The Morgan fingerprint density at radius 1 is 1.38 bits per heavy atom. The molecule has 130 valence electrons. The zero-order valence-corrected chi connectivity index (χ0v) is 14.7. The van der Waals surface area contributed by atoms with Gasteiger partial charge in [-0.05, 0) is 37.2 Å². The van der Waals surface area contributed by atoms with Crippen LogP contribution < -0.4 is 14.9 Å². The summed E-state index contributed by atoms with van der Waals surface area (Å²) in [4.78, 5) is 18.0. The molecule has 2 aromatic rings. The molecule has 1 atom stereocenters. The van der Waals surface area contributed by atoms with Crippen molar-refractivity contribution in [1.29, 1.82) is 0 Å². The second-order valence-corrected chi connectivity index (χ2v) is 7.90. The van der Waals surface area contributed by atoms with Crippen LogP contribution in [0.15, 0.2) is 40.7 Å². The first-order valence-electron chi connectivity index (χ1n) is 7.58. The number of nitrogens with one attached hydrogen (secondary N) is 2. The third-order valence-corrected chi connectivity index (χ3v) is 5.94. The van der Waals surface area contributed by atoms with Gasteiger partial charge < -0.3 is 10.2 Å². The van der Waals surface area contributed by atoms with Crippen LogP contribution in [0.5, 0.6) is 0 Å². The van der Waals surface area contributed by atoms with Gasteiger partial charge in [0.2, 0.25) is 5.91 Å². The minimum Gasteiger partial charge on any atom is -0.311 e. The highest BCUT2D eigenvalue weighted by molar-refractivity contribution is 7.93. The Bertz CT molecular complexity index is 810. The first-order chi connectivity index (χ1) is 11.5. The number of carbonyl (C=O) groups is 1. The smallest absolute Gasteiger partial charge is 0.263 e. The lowest BCUT2D eigenvalue weighted by atomic mass is 10.2. The van der Waals surface area contributed by atoms with Gasteiger partial charge in [-0.15, -0.1) is 11.3 Å². The molecule has 3 rings (SSSR count). The summed E-state index contributed by atoms with van der Waals surface area (Å²) in [5, 5.41) is 5.17. The molecule has 0 aliphatic carbocycles. The summed E-state index contributed by atoms with van der Waals surface area (Å²) in [5.41, 5.74) is 0.702. The van der Waals surface area contributed by atoms with Gasteiger partial charge in [-0.3, -0.25) is 9.52 Å². The zero-order chi connectivity index (χ0) is 17.2. The Morgan fingerprint density at radius 3 is 2.75 bits per heavy atom. The summed E-state index contributed by atoms with van der Waals surface area (Å²) < 4.78 is 27.0. The second kappa shape index (κ2) is 6.88. The summed E-state index contributed by atoms with van der Waals surface area (Å²) in [6, 6.07) is 6.15. The van der Waals surface area contributed by atoms with Gasteiger partial charge in [0.15, 0.2) is 5.13 Å². The molecule has 1 aliphatic rings. The number of anilines is 2. The van der Waals surface area contributed by atoms with Gasteiger partial charge in [-0.2, -0.15) is 0 Å². The number of carbonyl (C=O) groups excluding carboxylic acids is 1. The number of amides is 1. The van der Waals surface area contributed by atoms with Crippen molar-refractivity contribution in [3.05, 3.63) is 35.8 Å². The number of benzene rings is 1. The molecule has 0 bridgehead atoms. The van der Waals surface area contributed by atoms with E-state index in [9.17, 15) is 13.2 Å². The molecule has 1 aromatic carbocycles. The Morgan fingerprint density at radius 2 is 2.12 bits per heavy atom. The fourth-order valence-electron chi connectivity index (χ4n) is 2.63. The third kappa shape index (κ3) is 3.42. The van der Waals surface area contributed by atoms with E-state index in [1.807, 2.05) is 6.92 Å². The molecule has 0 spiro atoms. The molecule has 0 saturated carbocycles. The lowest BCUT2D eigenvalue weighted by Crippen LogP contribution is -2.38. The molecule has 1 amide bonds. The first kappa shape index (κ1) is 16.9. The van der Waals surface area contributed by atoms with E-state index in [1.165, 1.54) is 29.7 Å². The number of hydrogen-bond donors (Lipinski definition) is 2. The summed E-state index contributed by atoms with van der Waals surface area (Å²) in [6.45, 7) is 3.33. The molecule has 2 N–H and O–H groups in total. The van der Waals surface area contributed by atoms with E-state index >= 15 is 0 Å². The number of rotatable bonds is 6. The molecular weight excluding hydrogens is 348 g/mol. The number of sulfonamides is 1. The molecule has 7 nitrogen and oxygen atoms in total. The molecule has 2 heterocycles. The molecule has 0 unspecified atom stereocenters. The van der Waals surface area contributed by atoms with Crippen LogP contribution >= 0.6 is 11.3 Å². The van der Waals surface area contributed by atoms with Crippen LogP contribution in [-0.4, -0.2) is 38.4 Å². The van der Waals surface area contributed by atoms with Crippen molar-refractivity contribution < 1.29 is 14.6 Å². The minimum atomic E-state index is -3.67. The highest BCUT2D eigenvalue weighted by Crippen LogP contribution is 2.24. The molecule has 0 radical (unpaired) electrons. The number of likely N-dealkylation sites (N-methyl/N-ethyl adjacent to an activating group) is 1. The van der Waals surface area contributed by atoms with Crippen molar-refractivity contribution in [2.45, 2.75) is 24.3 Å². The van der Waals surface area contributed by atoms with Crippen molar-refractivity contribution in [1.82, 2.24) is 10.3 Å². The maximum atomic E-state index is 12.3. The fourth-order valence-corrected chi connectivity index (χ4v) is 4.41. The Hall–Kier alpha value is -1.97. The van der Waals surface area contributed by atoms with Crippen molar-refractivity contribution >= 4 is 38.1 Å². The summed E-state index contributed by atoms with van der Waals surface area (Å²) in [7, 11) is -3.67. The van der Waals surface area contributed by atoms with Gasteiger partial charge in [-0.25, -0.2) is 13.4 Å². The number of nitrogens with zero attached hydrogens (tertiary/aromatic N) is 2. The van der Waals surface area contributed by atoms with E-state index in [0.717, 1.165) is 13.0 Å². The highest BCUT2D eigenvalue weighted by Gasteiger charge is 2.31. The van der Waals surface area contributed by atoms with Crippen LogP contribution in [0.4, 0.5) is 10.8 Å². The predicted molar refractivity (Wildman–Crippen MR) is 95.9 cm³/mol. The Balaban J connectivity index is 0.00000225. The predicted octanol–water partition coefficient (Wildman–Crippen LogP) is 1.90. The lowest BCUT2D eigenvalue weighted by molar-refractivity contribution is -0.118. The van der Waals surface area contributed by atoms with E-state index in [4.69, 9.17) is 0 Å². The topological polar surface area (TPSA) is 91.4 Å². The SMILES string of the molecule is CCN[C@H]1CCN(c2ccc(S(=O)(=O)Nc3nccs3)cc2)C1=O.[HH]. The van der Waals surface area contributed by atoms with Crippen molar-refractivity contribution in [3.8, 4) is 0 Å².